The minimum absolute atomic E-state index is 1.28. The summed E-state index contributed by atoms with van der Waals surface area (Å²) >= 11 is 0. The summed E-state index contributed by atoms with van der Waals surface area (Å²) in [6.07, 6.45) is -7.41. The van der Waals surface area contributed by atoms with Gasteiger partial charge in [0.15, 0.2) is 10.1 Å². The van der Waals surface area contributed by atoms with Gasteiger partial charge in [-0.05, 0) is 27.7 Å². The SMILES string of the molecule is CC[N+](CC)(CC)CC.O=S(=O)([O-])C(F)(F)C(F)(F)C(F)(F)C(F)(F)C(F)(F)F. The highest BCUT2D eigenvalue weighted by Gasteiger charge is 2.88. The molecule has 0 unspecified atom stereocenters. The van der Waals surface area contributed by atoms with Crippen molar-refractivity contribution in [2.45, 2.75) is 56.9 Å². The van der Waals surface area contributed by atoms with Crippen LogP contribution in [0.25, 0.3) is 0 Å². The summed E-state index contributed by atoms with van der Waals surface area (Å²) in [5.74, 6) is -23.4. The Morgan fingerprint density at radius 1 is 0.621 bits per heavy atom. The van der Waals surface area contributed by atoms with Gasteiger partial charge < -0.3 is 9.04 Å². The standard InChI is InChI=1S/C8H20N.C5HF11O3S/c1-5-9(6-2,7-3)8-4;6-1(7,2(8,9)4(12,13)14)3(10,11)5(15,16)20(17,18)19/h5-8H2,1-4H3;(H,17,18,19)/q+1;/p-1. The fraction of sp³-hybridized carbons (Fsp3) is 1.00. The molecule has 0 heterocycles. The van der Waals surface area contributed by atoms with Crippen LogP contribution in [0, 0.1) is 0 Å². The van der Waals surface area contributed by atoms with Crippen LogP contribution in [-0.2, 0) is 10.1 Å². The van der Waals surface area contributed by atoms with Crippen LogP contribution in [-0.4, -0.2) is 72.8 Å². The molecule has 0 aromatic rings. The van der Waals surface area contributed by atoms with Gasteiger partial charge in [0.05, 0.1) is 26.2 Å². The molecule has 0 aliphatic carbocycles. The van der Waals surface area contributed by atoms with Crippen molar-refractivity contribution in [3.05, 3.63) is 0 Å². The van der Waals surface area contributed by atoms with Crippen LogP contribution in [0.3, 0.4) is 0 Å². The molecule has 16 heteroatoms. The van der Waals surface area contributed by atoms with Crippen molar-refractivity contribution < 1.29 is 65.7 Å². The zero-order chi connectivity index (χ0) is 24.3. The highest BCUT2D eigenvalue weighted by atomic mass is 32.2. The van der Waals surface area contributed by atoms with E-state index in [4.69, 9.17) is 0 Å². The van der Waals surface area contributed by atoms with Crippen LogP contribution < -0.4 is 0 Å². The van der Waals surface area contributed by atoms with Crippen molar-refractivity contribution in [2.24, 2.45) is 0 Å². The summed E-state index contributed by atoms with van der Waals surface area (Å²) in [6.45, 7) is 14.2. The van der Waals surface area contributed by atoms with Gasteiger partial charge in [-0.25, -0.2) is 8.42 Å². The van der Waals surface area contributed by atoms with Gasteiger partial charge in [-0.3, -0.25) is 0 Å². The first kappa shape index (κ1) is 30.3. The molecule has 0 rings (SSSR count). The molecule has 0 atom stereocenters. The lowest BCUT2D eigenvalue weighted by Gasteiger charge is -2.37. The van der Waals surface area contributed by atoms with Crippen molar-refractivity contribution in [1.82, 2.24) is 0 Å². The van der Waals surface area contributed by atoms with E-state index >= 15 is 0 Å². The molecule has 29 heavy (non-hydrogen) atoms. The van der Waals surface area contributed by atoms with Gasteiger partial charge in [-0.2, -0.15) is 48.3 Å². The Labute approximate surface area is 160 Å². The summed E-state index contributed by atoms with van der Waals surface area (Å²) in [4.78, 5) is 0. The minimum Gasteiger partial charge on any atom is -0.743 e. The lowest BCUT2D eigenvalue weighted by Crippen LogP contribution is -2.67. The first-order chi connectivity index (χ1) is 12.5. The van der Waals surface area contributed by atoms with Crippen LogP contribution in [0.1, 0.15) is 27.7 Å². The Balaban J connectivity index is 0. The van der Waals surface area contributed by atoms with Gasteiger partial charge in [0.2, 0.25) is 0 Å². The lowest BCUT2D eigenvalue weighted by atomic mass is 10.0. The van der Waals surface area contributed by atoms with E-state index in [1.807, 2.05) is 0 Å². The summed E-state index contributed by atoms with van der Waals surface area (Å²) < 4.78 is 163. The molecule has 0 bridgehead atoms. The Hall–Kier alpha value is -0.900. The molecular weight excluding hydrogens is 459 g/mol. The maximum Gasteiger partial charge on any atom is 0.460 e. The summed E-state index contributed by atoms with van der Waals surface area (Å²) in [7, 11) is -7.66. The third-order valence-corrected chi connectivity index (χ3v) is 5.39. The Bertz CT molecular complexity index is 611. The van der Waals surface area contributed by atoms with Gasteiger partial charge in [0.25, 0.3) is 0 Å². The molecule has 0 amide bonds. The van der Waals surface area contributed by atoms with Crippen LogP contribution >= 0.6 is 0 Å². The van der Waals surface area contributed by atoms with E-state index in [1.54, 1.807) is 0 Å². The fourth-order valence-corrected chi connectivity index (χ4v) is 2.50. The fourth-order valence-electron chi connectivity index (χ4n) is 2.06. The van der Waals surface area contributed by atoms with Crippen molar-refractivity contribution in [1.29, 1.82) is 0 Å². The van der Waals surface area contributed by atoms with Crippen molar-refractivity contribution in [3.63, 3.8) is 0 Å². The van der Waals surface area contributed by atoms with E-state index in [-0.39, 0.29) is 0 Å². The average Bonchev–Trinajstić information content (AvgIpc) is 2.55. The van der Waals surface area contributed by atoms with Gasteiger partial charge in [-0.15, -0.1) is 0 Å². The van der Waals surface area contributed by atoms with Crippen LogP contribution in [0.4, 0.5) is 48.3 Å². The number of rotatable bonds is 8. The molecule has 0 N–H and O–H groups in total. The van der Waals surface area contributed by atoms with Gasteiger partial charge in [0, 0.05) is 0 Å². The number of quaternary nitrogens is 1. The number of hydrogen-bond acceptors (Lipinski definition) is 3. The highest BCUT2D eigenvalue weighted by Crippen LogP contribution is 2.58. The third kappa shape index (κ3) is 5.42. The maximum absolute atomic E-state index is 12.4. The van der Waals surface area contributed by atoms with Crippen LogP contribution in [0.2, 0.25) is 0 Å². The largest absolute Gasteiger partial charge is 0.743 e. The maximum atomic E-state index is 12.4. The smallest absolute Gasteiger partial charge is 0.460 e. The van der Waals surface area contributed by atoms with E-state index in [2.05, 4.69) is 27.7 Å². The predicted molar refractivity (Wildman–Crippen MR) is 78.0 cm³/mol. The molecule has 0 radical (unpaired) electrons. The highest BCUT2D eigenvalue weighted by molar-refractivity contribution is 7.86. The van der Waals surface area contributed by atoms with E-state index < -0.39 is 39.3 Å². The normalized spacial score (nSPS) is 15.0. The first-order valence-electron chi connectivity index (χ1n) is 7.88. The van der Waals surface area contributed by atoms with Crippen molar-refractivity contribution in [2.75, 3.05) is 26.2 Å². The Morgan fingerprint density at radius 2 is 0.897 bits per heavy atom. The quantitative estimate of drug-likeness (QED) is 0.293. The molecule has 4 nitrogen and oxygen atoms in total. The molecule has 178 valence electrons. The molecule has 0 aliphatic heterocycles. The number of nitrogens with zero attached hydrogens (tertiary/aromatic N) is 1. The Morgan fingerprint density at radius 3 is 1.03 bits per heavy atom. The molecule has 0 saturated carbocycles. The average molecular weight is 479 g/mol. The summed E-state index contributed by atoms with van der Waals surface area (Å²) in [5.41, 5.74) is 0. The van der Waals surface area contributed by atoms with Crippen molar-refractivity contribution in [3.8, 4) is 0 Å². The molecule has 0 fully saturated rings. The molecule has 0 spiro atoms. The number of alkyl halides is 11. The van der Waals surface area contributed by atoms with Gasteiger partial charge in [-0.1, -0.05) is 0 Å². The van der Waals surface area contributed by atoms with Gasteiger partial charge in [0.1, 0.15) is 0 Å². The first-order valence-corrected chi connectivity index (χ1v) is 9.28. The number of halogens is 11. The van der Waals surface area contributed by atoms with E-state index in [1.165, 1.54) is 30.7 Å². The molecule has 0 saturated heterocycles. The molecular formula is C13H20F11NO3S. The minimum atomic E-state index is -7.90. The second-order valence-corrected chi connectivity index (χ2v) is 7.22. The second kappa shape index (κ2) is 9.08. The lowest BCUT2D eigenvalue weighted by molar-refractivity contribution is -0.921. The topological polar surface area (TPSA) is 57.2 Å². The summed E-state index contributed by atoms with van der Waals surface area (Å²) in [5, 5.41) is -7.40. The molecule has 0 aliphatic rings. The number of hydrogen-bond donors (Lipinski definition) is 0. The third-order valence-electron chi connectivity index (χ3n) is 4.51. The zero-order valence-corrected chi connectivity index (χ0v) is 16.4. The van der Waals surface area contributed by atoms with Crippen LogP contribution in [0.5, 0.6) is 0 Å². The summed E-state index contributed by atoms with van der Waals surface area (Å²) in [6, 6.07) is 0. The van der Waals surface area contributed by atoms with E-state index in [9.17, 15) is 61.3 Å². The molecule has 0 aromatic carbocycles. The molecule has 0 aromatic heterocycles. The predicted octanol–water partition coefficient (Wildman–Crippen LogP) is 4.48. The zero-order valence-electron chi connectivity index (χ0n) is 15.6. The Kier molecular flexibility index (Phi) is 9.48. The second-order valence-electron chi connectivity index (χ2n) is 5.80. The van der Waals surface area contributed by atoms with Crippen LogP contribution in [0.15, 0.2) is 0 Å². The monoisotopic (exact) mass is 479 g/mol. The van der Waals surface area contributed by atoms with E-state index in [0.29, 0.717) is 0 Å². The van der Waals surface area contributed by atoms with Crippen molar-refractivity contribution >= 4 is 10.1 Å². The van der Waals surface area contributed by atoms with Gasteiger partial charge >= 0.3 is 29.2 Å². The van der Waals surface area contributed by atoms with E-state index in [0.717, 1.165) is 0 Å².